The number of hydrogen-bond donors (Lipinski definition) is 0. The number of nitrogens with zero attached hydrogens (tertiary/aromatic N) is 2. The van der Waals surface area contributed by atoms with Crippen molar-refractivity contribution in [2.45, 2.75) is 52.1 Å². The Morgan fingerprint density at radius 2 is 2.06 bits per heavy atom. The summed E-state index contributed by atoms with van der Waals surface area (Å²) in [6, 6.07) is -0.247. The van der Waals surface area contributed by atoms with Crippen molar-refractivity contribution in [3.8, 4) is 0 Å². The third kappa shape index (κ3) is 3.28. The van der Waals surface area contributed by atoms with E-state index in [-0.39, 0.29) is 18.0 Å². The number of carbonyl (C=O) groups is 2. The summed E-state index contributed by atoms with van der Waals surface area (Å²) in [5, 5.41) is 0. The molecule has 0 saturated carbocycles. The molecule has 17 heavy (non-hydrogen) atoms. The van der Waals surface area contributed by atoms with Gasteiger partial charge in [-0.05, 0) is 40.2 Å². The van der Waals surface area contributed by atoms with Crippen molar-refractivity contribution in [3.63, 3.8) is 0 Å². The summed E-state index contributed by atoms with van der Waals surface area (Å²) in [6.45, 7) is 8.22. The van der Waals surface area contributed by atoms with Gasteiger partial charge in [0.1, 0.15) is 6.29 Å². The van der Waals surface area contributed by atoms with E-state index >= 15 is 0 Å². The summed E-state index contributed by atoms with van der Waals surface area (Å²) in [4.78, 5) is 27.2. The molecule has 2 unspecified atom stereocenters. The average Bonchev–Trinajstić information content (AvgIpc) is 2.39. The fraction of sp³-hybridized carbons (Fsp3) is 0.846. The molecule has 2 atom stereocenters. The molecule has 1 heterocycles. The highest BCUT2D eigenvalue weighted by Gasteiger charge is 2.31. The minimum atomic E-state index is -0.176. The van der Waals surface area contributed by atoms with Crippen molar-refractivity contribution in [1.82, 2.24) is 9.80 Å². The van der Waals surface area contributed by atoms with Gasteiger partial charge in [0.2, 0.25) is 5.91 Å². The number of carbonyl (C=O) groups excluding carboxylic acids is 2. The monoisotopic (exact) mass is 240 g/mol. The van der Waals surface area contributed by atoms with Crippen molar-refractivity contribution in [2.75, 3.05) is 19.6 Å². The Kier molecular flexibility index (Phi) is 5.62. The minimum absolute atomic E-state index is 0.0711. The third-order valence-corrected chi connectivity index (χ3v) is 3.68. The number of aldehydes is 1. The van der Waals surface area contributed by atoms with Gasteiger partial charge in [0.15, 0.2) is 0 Å². The first-order chi connectivity index (χ1) is 8.15. The molecule has 0 aliphatic carbocycles. The lowest BCUT2D eigenvalue weighted by Gasteiger charge is -2.38. The number of likely N-dealkylation sites (N-methyl/N-ethyl adjacent to an activating group) is 1. The van der Waals surface area contributed by atoms with Gasteiger partial charge in [-0.15, -0.1) is 0 Å². The molecule has 4 nitrogen and oxygen atoms in total. The highest BCUT2D eigenvalue weighted by molar-refractivity contribution is 5.82. The molecule has 4 heteroatoms. The predicted molar refractivity (Wildman–Crippen MR) is 67.8 cm³/mol. The van der Waals surface area contributed by atoms with Crippen LogP contribution in [0.15, 0.2) is 0 Å². The van der Waals surface area contributed by atoms with Gasteiger partial charge in [-0.1, -0.05) is 6.42 Å². The summed E-state index contributed by atoms with van der Waals surface area (Å²) >= 11 is 0. The van der Waals surface area contributed by atoms with Crippen LogP contribution in [0.25, 0.3) is 0 Å². The van der Waals surface area contributed by atoms with Crippen LogP contribution < -0.4 is 0 Å². The van der Waals surface area contributed by atoms with Crippen molar-refractivity contribution in [1.29, 1.82) is 0 Å². The fourth-order valence-corrected chi connectivity index (χ4v) is 2.55. The van der Waals surface area contributed by atoms with E-state index in [1.54, 1.807) is 0 Å². The van der Waals surface area contributed by atoms with Crippen LogP contribution in [0.4, 0.5) is 0 Å². The van der Waals surface area contributed by atoms with Crippen molar-refractivity contribution in [3.05, 3.63) is 0 Å². The van der Waals surface area contributed by atoms with Gasteiger partial charge in [0.25, 0.3) is 0 Å². The van der Waals surface area contributed by atoms with Crippen molar-refractivity contribution in [2.24, 2.45) is 0 Å². The van der Waals surface area contributed by atoms with Gasteiger partial charge in [-0.2, -0.15) is 0 Å². The first-order valence-electron chi connectivity index (χ1n) is 6.65. The van der Waals surface area contributed by atoms with Crippen LogP contribution in [0.5, 0.6) is 0 Å². The average molecular weight is 240 g/mol. The van der Waals surface area contributed by atoms with Crippen LogP contribution in [-0.2, 0) is 9.59 Å². The van der Waals surface area contributed by atoms with Gasteiger partial charge in [0, 0.05) is 13.1 Å². The zero-order valence-corrected chi connectivity index (χ0v) is 11.2. The van der Waals surface area contributed by atoms with Crippen LogP contribution in [-0.4, -0.2) is 53.7 Å². The molecule has 1 fully saturated rings. The van der Waals surface area contributed by atoms with E-state index < -0.39 is 0 Å². The molecule has 1 saturated heterocycles. The zero-order valence-electron chi connectivity index (χ0n) is 11.2. The maximum atomic E-state index is 12.2. The van der Waals surface area contributed by atoms with Crippen molar-refractivity contribution >= 4 is 12.2 Å². The highest BCUT2D eigenvalue weighted by Crippen LogP contribution is 2.19. The number of piperidine rings is 1. The Morgan fingerprint density at radius 1 is 1.41 bits per heavy atom. The molecule has 0 aromatic rings. The Hall–Kier alpha value is -0.900. The standard InChI is InChI=1S/C13H24N2O2/c1-4-14(5-2)13(17)11(3)15-9-7-6-8-12(15)10-16/h10-12H,4-9H2,1-3H3. The van der Waals surface area contributed by atoms with Crippen LogP contribution >= 0.6 is 0 Å². The van der Waals surface area contributed by atoms with E-state index in [0.29, 0.717) is 0 Å². The number of amides is 1. The molecule has 1 aliphatic rings. The molecule has 0 bridgehead atoms. The second-order valence-electron chi connectivity index (χ2n) is 4.62. The Balaban J connectivity index is 2.69. The summed E-state index contributed by atoms with van der Waals surface area (Å²) < 4.78 is 0. The molecule has 0 aromatic carbocycles. The van der Waals surface area contributed by atoms with E-state index in [1.165, 1.54) is 0 Å². The van der Waals surface area contributed by atoms with E-state index in [4.69, 9.17) is 0 Å². The van der Waals surface area contributed by atoms with Gasteiger partial charge in [-0.25, -0.2) is 0 Å². The quantitative estimate of drug-likeness (QED) is 0.680. The van der Waals surface area contributed by atoms with E-state index in [1.807, 2.05) is 25.7 Å². The molecule has 0 radical (unpaired) electrons. The molecular weight excluding hydrogens is 216 g/mol. The minimum Gasteiger partial charge on any atom is -0.342 e. The molecule has 0 spiro atoms. The predicted octanol–water partition coefficient (Wildman–Crippen LogP) is 1.30. The third-order valence-electron chi connectivity index (χ3n) is 3.68. The first-order valence-corrected chi connectivity index (χ1v) is 6.65. The molecule has 0 N–H and O–H groups in total. The summed E-state index contributed by atoms with van der Waals surface area (Å²) in [6.07, 6.45) is 4.05. The molecule has 1 rings (SSSR count). The van der Waals surface area contributed by atoms with Crippen LogP contribution in [0.3, 0.4) is 0 Å². The van der Waals surface area contributed by atoms with E-state index in [9.17, 15) is 9.59 Å². The summed E-state index contributed by atoms with van der Waals surface area (Å²) in [5.41, 5.74) is 0. The SMILES string of the molecule is CCN(CC)C(=O)C(C)N1CCCCC1C=O. The maximum absolute atomic E-state index is 12.2. The Labute approximate surface area is 104 Å². The molecule has 0 aromatic heterocycles. The van der Waals surface area contributed by atoms with Gasteiger partial charge >= 0.3 is 0 Å². The van der Waals surface area contributed by atoms with Crippen LogP contribution in [0.1, 0.15) is 40.0 Å². The smallest absolute Gasteiger partial charge is 0.239 e. The lowest BCUT2D eigenvalue weighted by atomic mass is 10.0. The lowest BCUT2D eigenvalue weighted by Crippen LogP contribution is -2.53. The van der Waals surface area contributed by atoms with Gasteiger partial charge in [-0.3, -0.25) is 9.69 Å². The molecule has 1 aliphatic heterocycles. The number of likely N-dealkylation sites (tertiary alicyclic amines) is 1. The van der Waals surface area contributed by atoms with E-state index in [0.717, 1.165) is 45.2 Å². The van der Waals surface area contributed by atoms with Gasteiger partial charge < -0.3 is 9.69 Å². The first kappa shape index (κ1) is 14.2. The number of rotatable bonds is 5. The van der Waals surface area contributed by atoms with Gasteiger partial charge in [0.05, 0.1) is 12.1 Å². The zero-order chi connectivity index (χ0) is 12.8. The summed E-state index contributed by atoms with van der Waals surface area (Å²) in [7, 11) is 0. The number of hydrogen-bond acceptors (Lipinski definition) is 3. The summed E-state index contributed by atoms with van der Waals surface area (Å²) in [5.74, 6) is 0.142. The molecule has 1 amide bonds. The van der Waals surface area contributed by atoms with Crippen molar-refractivity contribution < 1.29 is 9.59 Å². The second-order valence-corrected chi connectivity index (χ2v) is 4.62. The maximum Gasteiger partial charge on any atom is 0.239 e. The molecule has 98 valence electrons. The molecular formula is C13H24N2O2. The van der Waals surface area contributed by atoms with Crippen LogP contribution in [0.2, 0.25) is 0 Å². The van der Waals surface area contributed by atoms with E-state index in [2.05, 4.69) is 4.90 Å². The largest absolute Gasteiger partial charge is 0.342 e. The Bertz CT molecular complexity index is 264. The highest BCUT2D eigenvalue weighted by atomic mass is 16.2. The fourth-order valence-electron chi connectivity index (χ4n) is 2.55. The Morgan fingerprint density at radius 3 is 2.59 bits per heavy atom. The lowest BCUT2D eigenvalue weighted by molar-refractivity contribution is -0.138. The van der Waals surface area contributed by atoms with Crippen LogP contribution in [0, 0.1) is 0 Å². The topological polar surface area (TPSA) is 40.6 Å². The normalized spacial score (nSPS) is 23.1. The second kappa shape index (κ2) is 6.74.